The maximum Gasteiger partial charge on any atom is 0.242 e. The van der Waals surface area contributed by atoms with Crippen LogP contribution in [-0.4, -0.2) is 14.8 Å². The van der Waals surface area contributed by atoms with Gasteiger partial charge in [-0.15, -0.1) is 0 Å². The molecule has 0 amide bonds. The lowest BCUT2D eigenvalue weighted by Gasteiger charge is -2.45. The molecule has 2 aliphatic heterocycles. The summed E-state index contributed by atoms with van der Waals surface area (Å²) in [5.41, 5.74) is 7.18. The van der Waals surface area contributed by atoms with E-state index in [1.54, 1.807) is 0 Å². The normalized spacial score (nSPS) is 14.3. The summed E-state index contributed by atoms with van der Waals surface area (Å²) in [7, 11) is -2.55. The van der Waals surface area contributed by atoms with E-state index in [9.17, 15) is 0 Å². The van der Waals surface area contributed by atoms with Crippen LogP contribution in [0.1, 0.15) is 0 Å². The number of fused-ring (bicyclic) bond motifs is 5. The standard InChI is InChI=1S/C34H23BSi/c1-3-13-25(14-4-1)36(26-15-5-2-6-16-26)31-21-10-9-20-30(31)35-29-19-8-7-17-27(29)28-18-11-12-24-22-23-32(36)34(35)33(24)28/h1-23H. The predicted octanol–water partition coefficient (Wildman–Crippen LogP) is 3.03. The minimum Gasteiger partial charge on any atom is -0.0682 e. The van der Waals surface area contributed by atoms with Gasteiger partial charge in [-0.3, -0.25) is 0 Å². The molecule has 6 aromatic carbocycles. The first-order valence-corrected chi connectivity index (χ1v) is 14.7. The lowest BCUT2D eigenvalue weighted by molar-refractivity contribution is 1.65. The third kappa shape index (κ3) is 2.45. The summed E-state index contributed by atoms with van der Waals surface area (Å²) in [6.45, 7) is 0.249. The molecule has 0 nitrogen and oxygen atoms in total. The van der Waals surface area contributed by atoms with E-state index in [0.29, 0.717) is 0 Å². The summed E-state index contributed by atoms with van der Waals surface area (Å²) >= 11 is 0. The van der Waals surface area contributed by atoms with E-state index in [4.69, 9.17) is 0 Å². The third-order valence-corrected chi connectivity index (χ3v) is 13.3. The average Bonchev–Trinajstić information content (AvgIpc) is 2.96. The van der Waals surface area contributed by atoms with Gasteiger partial charge >= 0.3 is 0 Å². The summed E-state index contributed by atoms with van der Waals surface area (Å²) in [5.74, 6) is 0. The lowest BCUT2D eigenvalue weighted by atomic mass is 9.33. The van der Waals surface area contributed by atoms with Crippen LogP contribution in [0.2, 0.25) is 0 Å². The second-order valence-corrected chi connectivity index (χ2v) is 13.8. The van der Waals surface area contributed by atoms with Crippen molar-refractivity contribution >= 4 is 62.7 Å². The molecule has 0 fully saturated rings. The van der Waals surface area contributed by atoms with E-state index >= 15 is 0 Å². The Morgan fingerprint density at radius 1 is 0.417 bits per heavy atom. The van der Waals surface area contributed by atoms with Crippen molar-refractivity contribution in [3.63, 3.8) is 0 Å². The van der Waals surface area contributed by atoms with Gasteiger partial charge in [0.1, 0.15) is 0 Å². The van der Waals surface area contributed by atoms with E-state index in [1.165, 1.54) is 59.0 Å². The second-order valence-electron chi connectivity index (χ2n) is 10.0. The molecule has 0 aliphatic carbocycles. The molecule has 8 rings (SSSR count). The van der Waals surface area contributed by atoms with Gasteiger partial charge in [-0.1, -0.05) is 156 Å². The van der Waals surface area contributed by atoms with Crippen molar-refractivity contribution < 1.29 is 0 Å². The summed E-state index contributed by atoms with van der Waals surface area (Å²) in [5, 5.41) is 8.75. The fraction of sp³-hybridized carbons (Fsp3) is 0. The molecular weight excluding hydrogens is 447 g/mol. The Balaban J connectivity index is 1.64. The van der Waals surface area contributed by atoms with Gasteiger partial charge in [-0.2, -0.15) is 0 Å². The first kappa shape index (κ1) is 20.1. The van der Waals surface area contributed by atoms with E-state index in [-0.39, 0.29) is 6.71 Å². The molecule has 0 bridgehead atoms. The zero-order chi connectivity index (χ0) is 23.7. The van der Waals surface area contributed by atoms with Crippen molar-refractivity contribution in [2.75, 3.05) is 0 Å². The van der Waals surface area contributed by atoms with Crippen LogP contribution in [0.15, 0.2) is 140 Å². The number of hydrogen-bond donors (Lipinski definition) is 0. The average molecular weight is 470 g/mol. The summed E-state index contributed by atoms with van der Waals surface area (Å²) in [6, 6.07) is 52.7. The molecule has 0 saturated heterocycles. The minimum atomic E-state index is -2.55. The highest BCUT2D eigenvalue weighted by Crippen LogP contribution is 2.31. The molecule has 0 unspecified atom stereocenters. The third-order valence-electron chi connectivity index (χ3n) is 8.43. The summed E-state index contributed by atoms with van der Waals surface area (Å²) < 4.78 is 0. The molecular formula is C34H23BSi. The van der Waals surface area contributed by atoms with Crippen LogP contribution in [0, 0.1) is 0 Å². The Labute approximate surface area is 213 Å². The van der Waals surface area contributed by atoms with Crippen LogP contribution in [0.5, 0.6) is 0 Å². The minimum absolute atomic E-state index is 0.249. The highest BCUT2D eigenvalue weighted by Gasteiger charge is 2.51. The molecule has 2 heteroatoms. The fourth-order valence-corrected chi connectivity index (χ4v) is 12.4. The Kier molecular flexibility index (Phi) is 4.15. The highest BCUT2D eigenvalue weighted by molar-refractivity contribution is 7.26. The van der Waals surface area contributed by atoms with Crippen molar-refractivity contribution in [3.05, 3.63) is 140 Å². The lowest BCUT2D eigenvalue weighted by Crippen LogP contribution is -2.87. The van der Waals surface area contributed by atoms with E-state index < -0.39 is 8.07 Å². The largest absolute Gasteiger partial charge is 0.242 e. The molecule has 36 heavy (non-hydrogen) atoms. The molecule has 166 valence electrons. The number of rotatable bonds is 2. The van der Waals surface area contributed by atoms with Gasteiger partial charge in [0.05, 0.1) is 0 Å². The Morgan fingerprint density at radius 2 is 1.03 bits per heavy atom. The van der Waals surface area contributed by atoms with E-state index in [1.807, 2.05) is 0 Å². The van der Waals surface area contributed by atoms with Gasteiger partial charge in [0, 0.05) is 0 Å². The monoisotopic (exact) mass is 470 g/mol. The maximum absolute atomic E-state index is 2.55. The van der Waals surface area contributed by atoms with Crippen LogP contribution < -0.4 is 37.1 Å². The maximum atomic E-state index is 2.48. The molecule has 6 aromatic rings. The van der Waals surface area contributed by atoms with Gasteiger partial charge < -0.3 is 0 Å². The molecule has 2 aliphatic rings. The van der Waals surface area contributed by atoms with Crippen molar-refractivity contribution in [3.8, 4) is 11.1 Å². The topological polar surface area (TPSA) is 0 Å². The van der Waals surface area contributed by atoms with E-state index in [0.717, 1.165) is 0 Å². The number of hydrogen-bond acceptors (Lipinski definition) is 0. The Bertz CT molecular complexity index is 1750. The fourth-order valence-electron chi connectivity index (χ4n) is 7.13. The molecule has 0 N–H and O–H groups in total. The van der Waals surface area contributed by atoms with Gasteiger partial charge in [0.2, 0.25) is 6.71 Å². The van der Waals surface area contributed by atoms with Crippen LogP contribution in [0.4, 0.5) is 0 Å². The zero-order valence-electron chi connectivity index (χ0n) is 19.9. The summed E-state index contributed by atoms with van der Waals surface area (Å²) in [4.78, 5) is 0. The molecule has 2 heterocycles. The van der Waals surface area contributed by atoms with Crippen molar-refractivity contribution in [1.29, 1.82) is 0 Å². The van der Waals surface area contributed by atoms with Crippen LogP contribution >= 0.6 is 0 Å². The second kappa shape index (κ2) is 7.43. The summed E-state index contributed by atoms with van der Waals surface area (Å²) in [6.07, 6.45) is 0. The van der Waals surface area contributed by atoms with Crippen molar-refractivity contribution in [2.45, 2.75) is 0 Å². The molecule has 0 radical (unpaired) electrons. The van der Waals surface area contributed by atoms with Gasteiger partial charge in [0.15, 0.2) is 8.07 Å². The van der Waals surface area contributed by atoms with Crippen LogP contribution in [-0.2, 0) is 0 Å². The molecule has 0 spiro atoms. The number of benzene rings is 6. The van der Waals surface area contributed by atoms with Crippen LogP contribution in [0.3, 0.4) is 0 Å². The molecule has 0 saturated carbocycles. The highest BCUT2D eigenvalue weighted by atomic mass is 28.3. The van der Waals surface area contributed by atoms with E-state index in [2.05, 4.69) is 140 Å². The Hall–Kier alpha value is -4.14. The smallest absolute Gasteiger partial charge is 0.0682 e. The quantitative estimate of drug-likeness (QED) is 0.341. The van der Waals surface area contributed by atoms with Crippen LogP contribution in [0.25, 0.3) is 21.9 Å². The SMILES string of the molecule is c1ccc([Si]2(c3ccccc3)c3ccccc3B3c4ccccc4-c4cccc5ccc2c3c45)cc1. The van der Waals surface area contributed by atoms with Crippen molar-refractivity contribution in [1.82, 2.24) is 0 Å². The van der Waals surface area contributed by atoms with Gasteiger partial charge in [-0.25, -0.2) is 0 Å². The Morgan fingerprint density at radius 3 is 1.78 bits per heavy atom. The molecule has 0 aromatic heterocycles. The first-order valence-electron chi connectivity index (χ1n) is 12.7. The van der Waals surface area contributed by atoms with Gasteiger partial charge in [-0.05, 0) is 42.6 Å². The molecule has 0 atom stereocenters. The van der Waals surface area contributed by atoms with Crippen molar-refractivity contribution in [2.24, 2.45) is 0 Å². The predicted molar refractivity (Wildman–Crippen MR) is 158 cm³/mol. The first-order chi connectivity index (χ1) is 17.9. The zero-order valence-corrected chi connectivity index (χ0v) is 20.9. The van der Waals surface area contributed by atoms with Gasteiger partial charge in [0.25, 0.3) is 0 Å².